The summed E-state index contributed by atoms with van der Waals surface area (Å²) in [5.74, 6) is -0.219. The molecule has 2 aromatic rings. The molecule has 2 aromatic heterocycles. The van der Waals surface area contributed by atoms with Gasteiger partial charge in [0.05, 0.1) is 23.3 Å². The normalized spacial score (nSPS) is 17.3. The van der Waals surface area contributed by atoms with Crippen LogP contribution in [-0.2, 0) is 4.79 Å². The second kappa shape index (κ2) is 9.07. The Bertz CT molecular complexity index is 726. The van der Waals surface area contributed by atoms with E-state index in [1.807, 2.05) is 0 Å². The first-order chi connectivity index (χ1) is 11.1. The summed E-state index contributed by atoms with van der Waals surface area (Å²) >= 11 is 0. The molecule has 0 unspecified atom stereocenters. The van der Waals surface area contributed by atoms with Crippen molar-refractivity contribution in [1.82, 2.24) is 14.8 Å². The SMILES string of the molecule is Cl.Cl.N[C@H]1CCCCC(=O)Nc2cnn(C(F)F)c2-c2ccnc1c2. The lowest BCUT2D eigenvalue weighted by molar-refractivity contribution is -0.116. The molecule has 138 valence electrons. The van der Waals surface area contributed by atoms with Crippen LogP contribution in [0.15, 0.2) is 24.5 Å². The zero-order chi connectivity index (χ0) is 16.4. The van der Waals surface area contributed by atoms with Crippen molar-refractivity contribution in [1.29, 1.82) is 0 Å². The quantitative estimate of drug-likeness (QED) is 0.773. The number of hydrogen-bond acceptors (Lipinski definition) is 4. The van der Waals surface area contributed by atoms with Crippen molar-refractivity contribution in [2.75, 3.05) is 5.32 Å². The van der Waals surface area contributed by atoms with Gasteiger partial charge in [0.2, 0.25) is 5.91 Å². The number of pyridine rings is 1. The fraction of sp³-hybridized carbons (Fsp3) is 0.400. The Morgan fingerprint density at radius 1 is 1.32 bits per heavy atom. The molecule has 3 heterocycles. The maximum atomic E-state index is 13.2. The van der Waals surface area contributed by atoms with Crippen LogP contribution in [0.4, 0.5) is 14.5 Å². The monoisotopic (exact) mass is 393 g/mol. The first kappa shape index (κ1) is 21.3. The Balaban J connectivity index is 0.00000156. The highest BCUT2D eigenvalue weighted by molar-refractivity contribution is 5.94. The lowest BCUT2D eigenvalue weighted by Gasteiger charge is -2.15. The molecule has 1 aliphatic heterocycles. The minimum absolute atomic E-state index is 0. The van der Waals surface area contributed by atoms with Crippen LogP contribution in [-0.4, -0.2) is 20.7 Å². The highest BCUT2D eigenvalue weighted by atomic mass is 35.5. The summed E-state index contributed by atoms with van der Waals surface area (Å²) in [5, 5.41) is 6.36. The maximum absolute atomic E-state index is 13.2. The van der Waals surface area contributed by atoms with Crippen LogP contribution in [0.2, 0.25) is 0 Å². The van der Waals surface area contributed by atoms with Crippen molar-refractivity contribution in [3.63, 3.8) is 0 Å². The van der Waals surface area contributed by atoms with Crippen LogP contribution < -0.4 is 11.1 Å². The van der Waals surface area contributed by atoms with Crippen molar-refractivity contribution in [2.45, 2.75) is 38.3 Å². The number of amides is 1. The molecule has 0 saturated carbocycles. The second-order valence-corrected chi connectivity index (χ2v) is 5.50. The van der Waals surface area contributed by atoms with Crippen molar-refractivity contribution >= 4 is 36.4 Å². The number of nitrogens with zero attached hydrogens (tertiary/aromatic N) is 3. The van der Waals surface area contributed by atoms with E-state index >= 15 is 0 Å². The third kappa shape index (κ3) is 4.65. The molecular formula is C15H19Cl2F2N5O. The summed E-state index contributed by atoms with van der Waals surface area (Å²) in [4.78, 5) is 16.2. The van der Waals surface area contributed by atoms with Gasteiger partial charge in [-0.3, -0.25) is 9.78 Å². The maximum Gasteiger partial charge on any atom is 0.333 e. The lowest BCUT2D eigenvalue weighted by Crippen LogP contribution is -2.15. The number of carbonyl (C=O) groups is 1. The molecular weight excluding hydrogens is 375 g/mol. The molecule has 1 atom stereocenters. The van der Waals surface area contributed by atoms with Crippen LogP contribution in [0.5, 0.6) is 0 Å². The average Bonchev–Trinajstić information content (AvgIpc) is 2.94. The Labute approximate surface area is 156 Å². The summed E-state index contributed by atoms with van der Waals surface area (Å²) in [6.07, 6.45) is 5.25. The van der Waals surface area contributed by atoms with E-state index in [-0.39, 0.29) is 48.1 Å². The zero-order valence-corrected chi connectivity index (χ0v) is 14.8. The molecule has 0 aliphatic carbocycles. The highest BCUT2D eigenvalue weighted by Crippen LogP contribution is 2.33. The van der Waals surface area contributed by atoms with Gasteiger partial charge in [0, 0.05) is 24.2 Å². The predicted octanol–water partition coefficient (Wildman–Crippen LogP) is 3.70. The molecule has 2 bridgehead atoms. The van der Waals surface area contributed by atoms with Gasteiger partial charge in [0.25, 0.3) is 0 Å². The lowest BCUT2D eigenvalue weighted by atomic mass is 10.0. The zero-order valence-electron chi connectivity index (χ0n) is 13.2. The van der Waals surface area contributed by atoms with Crippen LogP contribution in [0.3, 0.4) is 0 Å². The van der Waals surface area contributed by atoms with Gasteiger partial charge in [-0.05, 0) is 25.0 Å². The summed E-state index contributed by atoms with van der Waals surface area (Å²) in [6, 6.07) is 2.99. The summed E-state index contributed by atoms with van der Waals surface area (Å²) in [6.45, 7) is -2.81. The standard InChI is InChI=1S/C15H17F2N5O.2ClH/c16-15(17)22-14-9-5-6-19-11(7-9)10(18)3-1-2-4-13(23)21-12(14)8-20-22;;/h5-8,10,15H,1-4,18H2,(H,21,23);2*1H/t10-;;/m0../s1. The van der Waals surface area contributed by atoms with Crippen LogP contribution in [0.25, 0.3) is 11.3 Å². The second-order valence-electron chi connectivity index (χ2n) is 5.50. The van der Waals surface area contributed by atoms with E-state index in [1.54, 1.807) is 12.1 Å². The van der Waals surface area contributed by atoms with Crippen LogP contribution >= 0.6 is 24.8 Å². The number of nitrogens with one attached hydrogen (secondary N) is 1. The minimum Gasteiger partial charge on any atom is -0.323 e. The molecule has 1 amide bonds. The number of rotatable bonds is 1. The summed E-state index contributed by atoms with van der Waals surface area (Å²) < 4.78 is 27.0. The topological polar surface area (TPSA) is 85.8 Å². The van der Waals surface area contributed by atoms with E-state index in [1.165, 1.54) is 12.4 Å². The predicted molar refractivity (Wildman–Crippen MR) is 95.2 cm³/mol. The van der Waals surface area contributed by atoms with E-state index in [4.69, 9.17) is 5.73 Å². The van der Waals surface area contributed by atoms with Gasteiger partial charge in [-0.15, -0.1) is 24.8 Å². The largest absolute Gasteiger partial charge is 0.333 e. The Morgan fingerprint density at radius 3 is 2.80 bits per heavy atom. The van der Waals surface area contributed by atoms with Crippen molar-refractivity contribution in [3.05, 3.63) is 30.2 Å². The highest BCUT2D eigenvalue weighted by Gasteiger charge is 2.22. The van der Waals surface area contributed by atoms with Crippen molar-refractivity contribution < 1.29 is 13.6 Å². The van der Waals surface area contributed by atoms with Gasteiger partial charge >= 0.3 is 6.55 Å². The van der Waals surface area contributed by atoms with E-state index in [2.05, 4.69) is 15.4 Å². The number of halogens is 4. The van der Waals surface area contributed by atoms with Gasteiger partial charge < -0.3 is 11.1 Å². The van der Waals surface area contributed by atoms with Crippen molar-refractivity contribution in [3.8, 4) is 11.3 Å². The Kier molecular flexibility index (Phi) is 7.72. The minimum atomic E-state index is -2.81. The van der Waals surface area contributed by atoms with Gasteiger partial charge in [0.15, 0.2) is 0 Å². The van der Waals surface area contributed by atoms with E-state index < -0.39 is 6.55 Å². The molecule has 0 aromatic carbocycles. The fourth-order valence-corrected chi connectivity index (χ4v) is 2.70. The van der Waals surface area contributed by atoms with Crippen LogP contribution in [0.1, 0.15) is 44.0 Å². The third-order valence-electron chi connectivity index (χ3n) is 3.86. The number of carbonyl (C=O) groups excluding carboxylic acids is 1. The first-order valence-electron chi connectivity index (χ1n) is 7.43. The average molecular weight is 394 g/mol. The van der Waals surface area contributed by atoms with Gasteiger partial charge in [0.1, 0.15) is 0 Å². The molecule has 0 spiro atoms. The number of hydrogen-bond donors (Lipinski definition) is 2. The molecule has 6 nitrogen and oxygen atoms in total. The van der Waals surface area contributed by atoms with Crippen LogP contribution in [0, 0.1) is 0 Å². The molecule has 1 aliphatic rings. The number of fused-ring (bicyclic) bond motifs is 4. The van der Waals surface area contributed by atoms with Crippen molar-refractivity contribution in [2.24, 2.45) is 5.73 Å². The number of anilines is 1. The number of aromatic nitrogens is 3. The van der Waals surface area contributed by atoms with Gasteiger partial charge in [-0.25, -0.2) is 4.68 Å². The summed E-state index contributed by atoms with van der Waals surface area (Å²) in [5.41, 5.74) is 7.68. The van der Waals surface area contributed by atoms with Gasteiger partial charge in [-0.2, -0.15) is 13.9 Å². The smallest absolute Gasteiger partial charge is 0.323 e. The van der Waals surface area contributed by atoms with E-state index in [9.17, 15) is 13.6 Å². The summed E-state index contributed by atoms with van der Waals surface area (Å²) in [7, 11) is 0. The molecule has 3 N–H and O–H groups in total. The molecule has 10 heteroatoms. The number of nitrogens with two attached hydrogens (primary N) is 1. The number of alkyl halides is 2. The molecule has 0 saturated heterocycles. The van der Waals surface area contributed by atoms with E-state index in [0.29, 0.717) is 35.2 Å². The van der Waals surface area contributed by atoms with Gasteiger partial charge in [-0.1, -0.05) is 6.42 Å². The third-order valence-corrected chi connectivity index (χ3v) is 3.86. The Morgan fingerprint density at radius 2 is 2.08 bits per heavy atom. The molecule has 0 radical (unpaired) electrons. The first-order valence-corrected chi connectivity index (χ1v) is 7.43. The molecule has 0 fully saturated rings. The fourth-order valence-electron chi connectivity index (χ4n) is 2.70. The molecule has 25 heavy (non-hydrogen) atoms. The Hall–Kier alpha value is -1.77. The van der Waals surface area contributed by atoms with E-state index in [0.717, 1.165) is 6.42 Å². The molecule has 3 rings (SSSR count).